The second-order valence-corrected chi connectivity index (χ2v) is 12.5. The minimum Gasteiger partial charge on any atom is -0.352 e. The molecular weight excluding hydrogens is 576 g/mol. The minimum atomic E-state index is -4.00. The number of non-ortho nitro benzene ring substituents is 1. The third-order valence-corrected chi connectivity index (χ3v) is 8.33. The normalized spacial score (nSPS) is 14.9. The molecule has 12 heteroatoms. The highest BCUT2D eigenvalue weighted by Crippen LogP contribution is 2.28. The number of nitrogens with one attached hydrogen (secondary N) is 1. The number of anilines is 1. The molecule has 1 aliphatic rings. The van der Waals surface area contributed by atoms with E-state index in [0.717, 1.165) is 58.8 Å². The van der Waals surface area contributed by atoms with Crippen molar-refractivity contribution in [3.8, 4) is 0 Å². The largest absolute Gasteiger partial charge is 0.352 e. The molecule has 1 saturated carbocycles. The lowest BCUT2D eigenvalue weighted by atomic mass is 9.95. The quantitative estimate of drug-likeness (QED) is 0.316. The van der Waals surface area contributed by atoms with Gasteiger partial charge in [-0.05, 0) is 49.9 Å². The van der Waals surface area contributed by atoms with Crippen LogP contribution in [0.5, 0.6) is 0 Å². The van der Waals surface area contributed by atoms with Crippen molar-refractivity contribution >= 4 is 49.1 Å². The van der Waals surface area contributed by atoms with Crippen molar-refractivity contribution in [2.24, 2.45) is 0 Å². The molecule has 10 nitrogen and oxygen atoms in total. The summed E-state index contributed by atoms with van der Waals surface area (Å²) in [6.45, 7) is 2.69. The molecule has 0 saturated heterocycles. The Morgan fingerprint density at radius 3 is 2.45 bits per heavy atom. The second-order valence-electron chi connectivity index (χ2n) is 9.67. The van der Waals surface area contributed by atoms with Gasteiger partial charge >= 0.3 is 0 Å². The van der Waals surface area contributed by atoms with Crippen LogP contribution in [0.4, 0.5) is 11.4 Å². The van der Waals surface area contributed by atoms with Gasteiger partial charge in [0, 0.05) is 29.2 Å². The summed E-state index contributed by atoms with van der Waals surface area (Å²) in [6.07, 6.45) is 5.90. The molecule has 0 aliphatic heterocycles. The van der Waals surface area contributed by atoms with Gasteiger partial charge in [-0.1, -0.05) is 53.4 Å². The topological polar surface area (TPSA) is 130 Å². The molecule has 1 N–H and O–H groups in total. The highest BCUT2D eigenvalue weighted by Gasteiger charge is 2.32. The Hall–Kier alpha value is -2.99. The summed E-state index contributed by atoms with van der Waals surface area (Å²) in [5.74, 6) is -0.912. The van der Waals surface area contributed by atoms with Crippen molar-refractivity contribution in [1.29, 1.82) is 0 Å². The van der Waals surface area contributed by atoms with Gasteiger partial charge in [-0.2, -0.15) is 0 Å². The van der Waals surface area contributed by atoms with Gasteiger partial charge in [0.05, 0.1) is 16.9 Å². The summed E-state index contributed by atoms with van der Waals surface area (Å²) in [6, 6.07) is 10.3. The van der Waals surface area contributed by atoms with Gasteiger partial charge in [0.25, 0.3) is 5.69 Å². The third kappa shape index (κ3) is 7.76. The van der Waals surface area contributed by atoms with E-state index >= 15 is 0 Å². The van der Waals surface area contributed by atoms with Crippen molar-refractivity contribution in [3.05, 3.63) is 68.2 Å². The summed E-state index contributed by atoms with van der Waals surface area (Å²) in [5, 5.41) is 14.4. The van der Waals surface area contributed by atoms with Crippen LogP contribution >= 0.6 is 15.9 Å². The average Bonchev–Trinajstić information content (AvgIpc) is 2.85. The lowest BCUT2D eigenvalue weighted by Gasteiger charge is -2.33. The van der Waals surface area contributed by atoms with E-state index in [2.05, 4.69) is 21.2 Å². The Labute approximate surface area is 231 Å². The van der Waals surface area contributed by atoms with E-state index in [0.29, 0.717) is 5.56 Å². The van der Waals surface area contributed by atoms with Gasteiger partial charge < -0.3 is 10.2 Å². The monoisotopic (exact) mass is 608 g/mol. The van der Waals surface area contributed by atoms with E-state index in [1.54, 1.807) is 13.8 Å². The molecule has 206 valence electrons. The SMILES string of the molecule is Cc1ccc([N+](=O)[O-])cc1N(CC(=O)N(Cc1cccc(Br)c1)[C@H](C)C(=O)NC1CCCCC1)S(C)(=O)=O. The first-order chi connectivity index (χ1) is 17.9. The highest BCUT2D eigenvalue weighted by atomic mass is 79.9. The van der Waals surface area contributed by atoms with Crippen molar-refractivity contribution < 1.29 is 22.9 Å². The van der Waals surface area contributed by atoms with Crippen LogP contribution in [0.1, 0.15) is 50.2 Å². The number of carbonyl (C=O) groups is 2. The van der Waals surface area contributed by atoms with Crippen LogP contribution in [0.15, 0.2) is 46.9 Å². The predicted molar refractivity (Wildman–Crippen MR) is 149 cm³/mol. The molecule has 1 atom stereocenters. The second kappa shape index (κ2) is 12.7. The zero-order chi connectivity index (χ0) is 28.0. The molecule has 0 spiro atoms. The predicted octanol–water partition coefficient (Wildman–Crippen LogP) is 4.30. The van der Waals surface area contributed by atoms with E-state index < -0.39 is 33.4 Å². The molecule has 0 aromatic heterocycles. The van der Waals surface area contributed by atoms with Crippen LogP contribution in [0.2, 0.25) is 0 Å². The van der Waals surface area contributed by atoms with Crippen molar-refractivity contribution in [2.75, 3.05) is 17.1 Å². The van der Waals surface area contributed by atoms with Crippen molar-refractivity contribution in [1.82, 2.24) is 10.2 Å². The molecule has 1 aliphatic carbocycles. The summed E-state index contributed by atoms with van der Waals surface area (Å²) in [7, 11) is -4.00. The molecule has 0 unspecified atom stereocenters. The lowest BCUT2D eigenvalue weighted by molar-refractivity contribution is -0.384. The summed E-state index contributed by atoms with van der Waals surface area (Å²) < 4.78 is 27.2. The minimum absolute atomic E-state index is 0.0387. The Bertz CT molecular complexity index is 1300. The van der Waals surface area contributed by atoms with Gasteiger partial charge in [0.1, 0.15) is 12.6 Å². The number of rotatable bonds is 10. The summed E-state index contributed by atoms with van der Waals surface area (Å²) >= 11 is 3.42. The van der Waals surface area contributed by atoms with E-state index in [1.165, 1.54) is 17.0 Å². The van der Waals surface area contributed by atoms with Gasteiger partial charge in [-0.3, -0.25) is 24.0 Å². The van der Waals surface area contributed by atoms with Crippen LogP contribution in [0.25, 0.3) is 0 Å². The molecule has 3 rings (SSSR count). The number of nitrogens with zero attached hydrogens (tertiary/aromatic N) is 3. The van der Waals surface area contributed by atoms with Crippen LogP contribution in [-0.4, -0.2) is 54.9 Å². The fourth-order valence-corrected chi connectivity index (χ4v) is 5.90. The number of hydrogen-bond donors (Lipinski definition) is 1. The number of sulfonamides is 1. The summed E-state index contributed by atoms with van der Waals surface area (Å²) in [4.78, 5) is 39.0. The standard InChI is InChI=1S/C26H33BrN4O6S/c1-18-12-13-23(31(34)35)15-24(18)30(38(3,36)37)17-25(32)29(16-20-8-7-9-21(27)14-20)19(2)26(33)28-22-10-5-4-6-11-22/h7-9,12-15,19,22H,4-6,10-11,16-17H2,1-3H3,(H,28,33)/t19-/m1/s1. The fraction of sp³-hybridized carbons (Fsp3) is 0.462. The molecule has 2 aromatic rings. The number of benzene rings is 2. The molecule has 2 amide bonds. The lowest BCUT2D eigenvalue weighted by Crippen LogP contribution is -2.53. The number of aryl methyl sites for hydroxylation is 1. The van der Waals surface area contributed by atoms with Crippen molar-refractivity contribution in [3.63, 3.8) is 0 Å². The van der Waals surface area contributed by atoms with Crippen molar-refractivity contribution in [2.45, 2.75) is 64.6 Å². The maximum absolute atomic E-state index is 13.7. The molecule has 38 heavy (non-hydrogen) atoms. The zero-order valence-electron chi connectivity index (χ0n) is 21.7. The van der Waals surface area contributed by atoms with E-state index in [1.807, 2.05) is 24.3 Å². The number of nitro benzene ring substituents is 1. The van der Waals surface area contributed by atoms with Gasteiger partial charge in [-0.15, -0.1) is 0 Å². The first kappa shape index (κ1) is 29.6. The Balaban J connectivity index is 1.93. The molecule has 1 fully saturated rings. The maximum Gasteiger partial charge on any atom is 0.271 e. The Morgan fingerprint density at radius 2 is 1.84 bits per heavy atom. The third-order valence-electron chi connectivity index (χ3n) is 6.71. The van der Waals surface area contributed by atoms with E-state index in [4.69, 9.17) is 0 Å². The molecule has 0 heterocycles. The van der Waals surface area contributed by atoms with E-state index in [-0.39, 0.29) is 29.9 Å². The smallest absolute Gasteiger partial charge is 0.271 e. The van der Waals surface area contributed by atoms with Gasteiger partial charge in [-0.25, -0.2) is 8.42 Å². The highest BCUT2D eigenvalue weighted by molar-refractivity contribution is 9.10. The fourth-order valence-electron chi connectivity index (χ4n) is 4.56. The molecule has 2 aromatic carbocycles. The average molecular weight is 610 g/mol. The maximum atomic E-state index is 13.7. The van der Waals surface area contributed by atoms with Gasteiger partial charge in [0.15, 0.2) is 0 Å². The Morgan fingerprint density at radius 1 is 1.16 bits per heavy atom. The first-order valence-corrected chi connectivity index (χ1v) is 15.1. The summed E-state index contributed by atoms with van der Waals surface area (Å²) in [5.41, 5.74) is 0.951. The number of hydrogen-bond acceptors (Lipinski definition) is 6. The van der Waals surface area contributed by atoms with E-state index in [9.17, 15) is 28.1 Å². The number of amides is 2. The number of carbonyl (C=O) groups excluding carboxylic acids is 2. The van der Waals surface area contributed by atoms with Crippen LogP contribution < -0.4 is 9.62 Å². The number of nitro groups is 1. The van der Waals surface area contributed by atoms with Crippen LogP contribution in [-0.2, 0) is 26.2 Å². The van der Waals surface area contributed by atoms with Crippen LogP contribution in [0, 0.1) is 17.0 Å². The molecule has 0 bridgehead atoms. The first-order valence-electron chi connectivity index (χ1n) is 12.4. The molecule has 0 radical (unpaired) electrons. The van der Waals surface area contributed by atoms with Crippen LogP contribution in [0.3, 0.4) is 0 Å². The van der Waals surface area contributed by atoms with Gasteiger partial charge in [0.2, 0.25) is 21.8 Å². The molecular formula is C26H33BrN4O6S. The zero-order valence-corrected chi connectivity index (χ0v) is 24.1. The Kier molecular flexibility index (Phi) is 9.88. The number of halogens is 1.